The maximum Gasteiger partial charge on any atom is 0.276 e. The Hall–Kier alpha value is -3.59. The van der Waals surface area contributed by atoms with Crippen LogP contribution in [0.25, 0.3) is 5.69 Å². The Morgan fingerprint density at radius 1 is 1.09 bits per heavy atom. The van der Waals surface area contributed by atoms with Gasteiger partial charge in [0.2, 0.25) is 0 Å². The second-order valence-electron chi connectivity index (χ2n) is 7.98. The van der Waals surface area contributed by atoms with E-state index in [1.807, 2.05) is 6.92 Å². The number of halogens is 2. The van der Waals surface area contributed by atoms with Crippen LogP contribution in [0.3, 0.4) is 0 Å². The van der Waals surface area contributed by atoms with E-state index >= 15 is 0 Å². The lowest BCUT2D eigenvalue weighted by Gasteiger charge is -2.08. The van der Waals surface area contributed by atoms with Crippen molar-refractivity contribution >= 4 is 17.5 Å². The molecule has 2 N–H and O–H groups in total. The molecule has 178 valence electrons. The van der Waals surface area contributed by atoms with Crippen molar-refractivity contribution in [2.45, 2.75) is 32.6 Å². The molecule has 1 heterocycles. The quantitative estimate of drug-likeness (QED) is 0.464. The summed E-state index contributed by atoms with van der Waals surface area (Å²) in [6, 6.07) is 10.2. The van der Waals surface area contributed by atoms with Crippen LogP contribution in [-0.2, 0) is 17.6 Å². The molecule has 0 unspecified atom stereocenters. The van der Waals surface area contributed by atoms with Crippen molar-refractivity contribution in [2.75, 3.05) is 25.1 Å². The maximum absolute atomic E-state index is 13.8. The van der Waals surface area contributed by atoms with Crippen molar-refractivity contribution in [3.63, 3.8) is 0 Å². The number of amides is 2. The van der Waals surface area contributed by atoms with Crippen LogP contribution < -0.4 is 10.6 Å². The first-order valence-corrected chi connectivity index (χ1v) is 11.3. The molecule has 34 heavy (non-hydrogen) atoms. The van der Waals surface area contributed by atoms with Gasteiger partial charge in [0.05, 0.1) is 5.69 Å². The van der Waals surface area contributed by atoms with E-state index in [0.717, 1.165) is 29.8 Å². The van der Waals surface area contributed by atoms with Crippen molar-refractivity contribution in [3.05, 3.63) is 76.6 Å². The lowest BCUT2D eigenvalue weighted by atomic mass is 10.1. The number of ether oxygens (including phenoxy) is 1. The smallest absolute Gasteiger partial charge is 0.276 e. The number of nitrogens with zero attached hydrogens (tertiary/aromatic N) is 2. The number of aromatic nitrogens is 2. The van der Waals surface area contributed by atoms with Gasteiger partial charge in [-0.3, -0.25) is 9.59 Å². The Morgan fingerprint density at radius 2 is 1.94 bits per heavy atom. The summed E-state index contributed by atoms with van der Waals surface area (Å²) >= 11 is 0. The molecule has 0 fully saturated rings. The van der Waals surface area contributed by atoms with Gasteiger partial charge in [-0.2, -0.15) is 5.10 Å². The standard InChI is InChI=1S/C25H26F2N4O3/c1-2-34-13-5-12-28-24(32)16-6-3-7-17(14-16)29-25(33)23-19-8-4-9-22(19)31(30-23)18-10-11-20(26)21(27)15-18/h3,6-7,10-11,14-15H,2,4-5,8-9,12-13H2,1H3,(H,28,32)(H,29,33). The molecule has 1 aromatic heterocycles. The van der Waals surface area contributed by atoms with Crippen LogP contribution in [0.4, 0.5) is 14.5 Å². The van der Waals surface area contributed by atoms with Gasteiger partial charge in [0.25, 0.3) is 11.8 Å². The number of rotatable bonds is 9. The third-order valence-electron chi connectivity index (χ3n) is 5.63. The summed E-state index contributed by atoms with van der Waals surface area (Å²) in [5.74, 6) is -2.58. The van der Waals surface area contributed by atoms with Crippen molar-refractivity contribution < 1.29 is 23.1 Å². The van der Waals surface area contributed by atoms with Crippen LogP contribution in [0.1, 0.15) is 51.9 Å². The van der Waals surface area contributed by atoms with Crippen LogP contribution in [0.15, 0.2) is 42.5 Å². The second-order valence-corrected chi connectivity index (χ2v) is 7.98. The van der Waals surface area contributed by atoms with Gasteiger partial charge in [-0.05, 0) is 62.9 Å². The molecule has 0 atom stereocenters. The van der Waals surface area contributed by atoms with Crippen molar-refractivity contribution in [1.82, 2.24) is 15.1 Å². The molecule has 0 bridgehead atoms. The van der Waals surface area contributed by atoms with E-state index in [1.54, 1.807) is 24.3 Å². The molecule has 0 aliphatic heterocycles. The largest absolute Gasteiger partial charge is 0.382 e. The monoisotopic (exact) mass is 468 g/mol. The Balaban J connectivity index is 1.49. The highest BCUT2D eigenvalue weighted by Crippen LogP contribution is 2.29. The van der Waals surface area contributed by atoms with E-state index in [9.17, 15) is 18.4 Å². The Labute approximate surface area is 196 Å². The molecule has 2 amide bonds. The van der Waals surface area contributed by atoms with Crippen LogP contribution in [0.5, 0.6) is 0 Å². The molecule has 2 aromatic carbocycles. The number of nitrogens with one attached hydrogen (secondary N) is 2. The van der Waals surface area contributed by atoms with E-state index < -0.39 is 17.5 Å². The first-order valence-electron chi connectivity index (χ1n) is 11.3. The highest BCUT2D eigenvalue weighted by Gasteiger charge is 2.27. The fourth-order valence-electron chi connectivity index (χ4n) is 4.00. The molecule has 7 nitrogen and oxygen atoms in total. The Kier molecular flexibility index (Phi) is 7.32. The SMILES string of the molecule is CCOCCCNC(=O)c1cccc(NC(=O)c2nn(-c3ccc(F)c(F)c3)c3c2CCC3)c1. The topological polar surface area (TPSA) is 85.2 Å². The zero-order valence-corrected chi connectivity index (χ0v) is 18.9. The van der Waals surface area contributed by atoms with Gasteiger partial charge in [0.15, 0.2) is 17.3 Å². The number of fused-ring (bicyclic) bond motifs is 1. The predicted molar refractivity (Wildman–Crippen MR) is 123 cm³/mol. The maximum atomic E-state index is 13.8. The van der Waals surface area contributed by atoms with Crippen LogP contribution in [0.2, 0.25) is 0 Å². The van der Waals surface area contributed by atoms with Crippen molar-refractivity contribution in [3.8, 4) is 5.69 Å². The molecule has 1 aliphatic carbocycles. The lowest BCUT2D eigenvalue weighted by molar-refractivity contribution is 0.0942. The minimum Gasteiger partial charge on any atom is -0.382 e. The third-order valence-corrected chi connectivity index (χ3v) is 5.63. The average molecular weight is 469 g/mol. The van der Waals surface area contributed by atoms with E-state index in [0.29, 0.717) is 56.0 Å². The molecular formula is C25H26F2N4O3. The minimum absolute atomic E-state index is 0.239. The second kappa shape index (κ2) is 10.6. The molecule has 0 saturated carbocycles. The van der Waals surface area contributed by atoms with Crippen molar-refractivity contribution in [2.24, 2.45) is 0 Å². The summed E-state index contributed by atoms with van der Waals surface area (Å²) in [7, 11) is 0. The van der Waals surface area contributed by atoms with Gasteiger partial charge >= 0.3 is 0 Å². The highest BCUT2D eigenvalue weighted by molar-refractivity contribution is 6.05. The van der Waals surface area contributed by atoms with Crippen molar-refractivity contribution in [1.29, 1.82) is 0 Å². The number of carbonyl (C=O) groups is 2. The van der Waals surface area contributed by atoms with Gasteiger partial charge in [-0.1, -0.05) is 6.07 Å². The number of hydrogen-bond donors (Lipinski definition) is 2. The van der Waals surface area contributed by atoms with Gasteiger partial charge < -0.3 is 15.4 Å². The number of carbonyl (C=O) groups excluding carboxylic acids is 2. The molecular weight excluding hydrogens is 442 g/mol. The summed E-state index contributed by atoms with van der Waals surface area (Å²) in [4.78, 5) is 25.5. The summed E-state index contributed by atoms with van der Waals surface area (Å²) in [5, 5.41) is 10.0. The van der Waals surface area contributed by atoms with Gasteiger partial charge in [-0.25, -0.2) is 13.5 Å². The minimum atomic E-state index is -0.973. The average Bonchev–Trinajstić information content (AvgIpc) is 3.44. The molecule has 9 heteroatoms. The lowest BCUT2D eigenvalue weighted by Crippen LogP contribution is -2.25. The highest BCUT2D eigenvalue weighted by atomic mass is 19.2. The van der Waals surface area contributed by atoms with Gasteiger partial charge in [0, 0.05) is 48.3 Å². The summed E-state index contributed by atoms with van der Waals surface area (Å²) in [6.45, 7) is 3.62. The Bertz CT molecular complexity index is 1210. The first-order chi connectivity index (χ1) is 16.5. The first kappa shape index (κ1) is 23.6. The fourth-order valence-corrected chi connectivity index (χ4v) is 4.00. The summed E-state index contributed by atoms with van der Waals surface area (Å²) in [6.07, 6.45) is 2.91. The van der Waals surface area contributed by atoms with E-state index in [-0.39, 0.29) is 11.6 Å². The number of hydrogen-bond acceptors (Lipinski definition) is 4. The number of anilines is 1. The molecule has 1 aliphatic rings. The summed E-state index contributed by atoms with van der Waals surface area (Å²) < 4.78 is 33.9. The van der Waals surface area contributed by atoms with E-state index in [2.05, 4.69) is 15.7 Å². The fraction of sp³-hybridized carbons (Fsp3) is 0.320. The van der Waals surface area contributed by atoms with E-state index in [4.69, 9.17) is 4.74 Å². The molecule has 0 spiro atoms. The number of benzene rings is 2. The van der Waals surface area contributed by atoms with Crippen LogP contribution in [-0.4, -0.2) is 41.4 Å². The zero-order valence-electron chi connectivity index (χ0n) is 18.9. The zero-order chi connectivity index (χ0) is 24.1. The third kappa shape index (κ3) is 5.14. The molecule has 0 saturated heterocycles. The van der Waals surface area contributed by atoms with Crippen LogP contribution >= 0.6 is 0 Å². The van der Waals surface area contributed by atoms with E-state index in [1.165, 1.54) is 10.7 Å². The normalized spacial score (nSPS) is 12.4. The summed E-state index contributed by atoms with van der Waals surface area (Å²) in [5.41, 5.74) is 3.09. The molecule has 4 rings (SSSR count). The molecule has 3 aromatic rings. The predicted octanol–water partition coefficient (Wildman–Crippen LogP) is 4.05. The Morgan fingerprint density at radius 3 is 2.74 bits per heavy atom. The molecule has 0 radical (unpaired) electrons. The van der Waals surface area contributed by atoms with Crippen LogP contribution in [0, 0.1) is 11.6 Å². The van der Waals surface area contributed by atoms with Gasteiger partial charge in [-0.15, -0.1) is 0 Å². The van der Waals surface area contributed by atoms with Gasteiger partial charge in [0.1, 0.15) is 0 Å².